The van der Waals surface area contributed by atoms with E-state index < -0.39 is 23.6 Å². The second-order valence-electron chi connectivity index (χ2n) is 8.09. The van der Waals surface area contributed by atoms with E-state index >= 15 is 0 Å². The molecule has 0 heterocycles. The van der Waals surface area contributed by atoms with Gasteiger partial charge in [0, 0.05) is 0 Å². The topological polar surface area (TPSA) is 55.8 Å². The van der Waals surface area contributed by atoms with Gasteiger partial charge in [-0.25, -0.2) is 0 Å². The first-order chi connectivity index (χ1) is 10.9. The van der Waals surface area contributed by atoms with Crippen molar-refractivity contribution in [1.82, 2.24) is 0 Å². The number of benzene rings is 1. The zero-order valence-corrected chi connectivity index (χ0v) is 17.2. The third-order valence-electron chi connectivity index (χ3n) is 4.46. The average molecular weight is 356 g/mol. The number of phenolic OH excluding ortho intramolecular Hbond substituents is 1. The number of aromatic hydroxyl groups is 1. The molecule has 24 heavy (non-hydrogen) atoms. The summed E-state index contributed by atoms with van der Waals surface area (Å²) in [4.78, 5) is 0. The molecular formula is C19H33O4P. The predicted molar refractivity (Wildman–Crippen MR) is 99.6 cm³/mol. The van der Waals surface area contributed by atoms with Crippen LogP contribution >= 0.6 is 7.60 Å². The minimum absolute atomic E-state index is 0.179. The van der Waals surface area contributed by atoms with E-state index in [1.807, 2.05) is 26.0 Å². The Labute approximate surface area is 147 Å². The van der Waals surface area contributed by atoms with Crippen molar-refractivity contribution < 1.29 is 18.7 Å². The molecule has 0 atom stereocenters. The van der Waals surface area contributed by atoms with Crippen LogP contribution in [0.4, 0.5) is 0 Å². The fourth-order valence-electron chi connectivity index (χ4n) is 4.24. The Bertz CT molecular complexity index is 555. The van der Waals surface area contributed by atoms with Crippen molar-refractivity contribution in [3.05, 3.63) is 29.8 Å². The molecule has 1 N–H and O–H groups in total. The van der Waals surface area contributed by atoms with Crippen LogP contribution in [-0.4, -0.2) is 18.3 Å². The van der Waals surface area contributed by atoms with Gasteiger partial charge in [0.25, 0.3) is 0 Å². The van der Waals surface area contributed by atoms with Crippen LogP contribution < -0.4 is 0 Å². The normalized spacial score (nSPS) is 14.0. The molecule has 0 fully saturated rings. The maximum absolute atomic E-state index is 14.1. The first kappa shape index (κ1) is 21.2. The number of phenols is 1. The lowest BCUT2D eigenvalue weighted by Crippen LogP contribution is -2.50. The van der Waals surface area contributed by atoms with Crippen molar-refractivity contribution in [3.63, 3.8) is 0 Å². The molecule has 1 aromatic carbocycles. The summed E-state index contributed by atoms with van der Waals surface area (Å²) in [7, 11) is -3.52. The molecule has 0 aliphatic carbocycles. The second-order valence-corrected chi connectivity index (χ2v) is 10.3. The Morgan fingerprint density at radius 3 is 1.54 bits per heavy atom. The fourth-order valence-corrected chi connectivity index (χ4v) is 7.49. The molecule has 1 aromatic rings. The Morgan fingerprint density at radius 2 is 1.25 bits per heavy atom. The highest BCUT2D eigenvalue weighted by Crippen LogP contribution is 2.77. The van der Waals surface area contributed by atoms with Gasteiger partial charge in [-0.2, -0.15) is 0 Å². The smallest absolute Gasteiger partial charge is 0.342 e. The highest BCUT2D eigenvalue weighted by Gasteiger charge is 2.65. The highest BCUT2D eigenvalue weighted by molar-refractivity contribution is 7.55. The summed E-state index contributed by atoms with van der Waals surface area (Å²) in [5, 5.41) is 8.82. The molecule has 138 valence electrons. The molecule has 1 rings (SSSR count). The van der Waals surface area contributed by atoms with Crippen LogP contribution in [-0.2, 0) is 18.8 Å². The van der Waals surface area contributed by atoms with Gasteiger partial charge < -0.3 is 14.2 Å². The monoisotopic (exact) mass is 356 g/mol. The number of hydrogen-bond acceptors (Lipinski definition) is 4. The molecule has 0 saturated carbocycles. The quantitative estimate of drug-likeness (QED) is 0.640. The summed E-state index contributed by atoms with van der Waals surface area (Å²) in [5.41, 5.74) is 0.0232. The van der Waals surface area contributed by atoms with E-state index in [4.69, 9.17) is 9.05 Å². The van der Waals surface area contributed by atoms with Crippen molar-refractivity contribution in [2.24, 2.45) is 10.8 Å². The van der Waals surface area contributed by atoms with Gasteiger partial charge in [0.2, 0.25) is 0 Å². The molecule has 0 aromatic heterocycles. The van der Waals surface area contributed by atoms with Crippen LogP contribution in [0, 0.1) is 10.8 Å². The van der Waals surface area contributed by atoms with Crippen molar-refractivity contribution in [2.75, 3.05) is 13.2 Å². The maximum Gasteiger partial charge on any atom is 0.342 e. The van der Waals surface area contributed by atoms with Crippen molar-refractivity contribution in [2.45, 2.75) is 60.5 Å². The zero-order chi connectivity index (χ0) is 18.8. The molecule has 4 nitrogen and oxygen atoms in total. The van der Waals surface area contributed by atoms with Gasteiger partial charge >= 0.3 is 7.60 Å². The van der Waals surface area contributed by atoms with E-state index in [2.05, 4.69) is 41.5 Å². The minimum atomic E-state index is -3.52. The molecule has 0 radical (unpaired) electrons. The summed E-state index contributed by atoms with van der Waals surface area (Å²) >= 11 is 0. The van der Waals surface area contributed by atoms with Crippen LogP contribution in [0.3, 0.4) is 0 Å². The molecule has 0 amide bonds. The minimum Gasteiger partial charge on any atom is -0.508 e. The van der Waals surface area contributed by atoms with Crippen LogP contribution in [0.1, 0.15) is 61.0 Å². The molecule has 0 bridgehead atoms. The van der Waals surface area contributed by atoms with Crippen molar-refractivity contribution in [1.29, 1.82) is 0 Å². The summed E-state index contributed by atoms with van der Waals surface area (Å²) < 4.78 is 25.8. The summed E-state index contributed by atoms with van der Waals surface area (Å²) in [6, 6.07) is 6.92. The Hall–Kier alpha value is -0.830. The van der Waals surface area contributed by atoms with Gasteiger partial charge in [-0.3, -0.25) is 4.57 Å². The lowest BCUT2D eigenvalue weighted by atomic mass is 9.62. The van der Waals surface area contributed by atoms with Crippen molar-refractivity contribution in [3.8, 4) is 5.75 Å². The van der Waals surface area contributed by atoms with Crippen LogP contribution in [0.25, 0.3) is 0 Å². The maximum atomic E-state index is 14.1. The molecule has 0 spiro atoms. The molecular weight excluding hydrogens is 323 g/mol. The highest BCUT2D eigenvalue weighted by atomic mass is 31.2. The Morgan fingerprint density at radius 1 is 0.875 bits per heavy atom. The molecule has 0 aliphatic rings. The summed E-state index contributed by atoms with van der Waals surface area (Å²) in [6.07, 6.45) is 0. The molecule has 5 heteroatoms. The Balaban J connectivity index is 3.91. The lowest BCUT2D eigenvalue weighted by molar-refractivity contribution is 0.0747. The standard InChI is InChI=1S/C19H33O4P/c1-9-22-24(21,23-10-2)19(17(3,4)5,18(6,7)8)15-11-13-16(20)14-12-15/h11-14,20H,9-10H2,1-8H3. The van der Waals surface area contributed by atoms with Gasteiger partial charge in [0.15, 0.2) is 0 Å². The third-order valence-corrected chi connectivity index (χ3v) is 8.08. The third kappa shape index (κ3) is 3.42. The second kappa shape index (κ2) is 7.19. The first-order valence-corrected chi connectivity index (χ1v) is 10.1. The number of hydrogen-bond donors (Lipinski definition) is 1. The first-order valence-electron chi connectivity index (χ1n) is 8.56. The van der Waals surface area contributed by atoms with Gasteiger partial charge in [-0.15, -0.1) is 0 Å². The average Bonchev–Trinajstić information content (AvgIpc) is 2.38. The fraction of sp³-hybridized carbons (Fsp3) is 0.684. The molecule has 0 unspecified atom stereocenters. The predicted octanol–water partition coefficient (Wildman–Crippen LogP) is 5.95. The Kier molecular flexibility index (Phi) is 6.36. The largest absolute Gasteiger partial charge is 0.508 e. The lowest BCUT2D eigenvalue weighted by Gasteiger charge is -2.55. The van der Waals surface area contributed by atoms with Gasteiger partial charge in [-0.05, 0) is 42.4 Å². The van der Waals surface area contributed by atoms with E-state index in [0.29, 0.717) is 13.2 Å². The van der Waals surface area contributed by atoms with Crippen LogP contribution in [0.5, 0.6) is 5.75 Å². The summed E-state index contributed by atoms with van der Waals surface area (Å²) in [6.45, 7) is 16.7. The van der Waals surface area contributed by atoms with E-state index in [9.17, 15) is 9.67 Å². The van der Waals surface area contributed by atoms with Gasteiger partial charge in [0.05, 0.1) is 13.2 Å². The van der Waals surface area contributed by atoms with E-state index in [1.165, 1.54) is 0 Å². The van der Waals surface area contributed by atoms with Gasteiger partial charge in [-0.1, -0.05) is 53.7 Å². The number of rotatable bonds is 6. The van der Waals surface area contributed by atoms with Gasteiger partial charge in [0.1, 0.15) is 10.9 Å². The zero-order valence-electron chi connectivity index (χ0n) is 16.3. The van der Waals surface area contributed by atoms with E-state index in [0.717, 1.165) is 5.56 Å². The van der Waals surface area contributed by atoms with E-state index in [-0.39, 0.29) is 5.75 Å². The van der Waals surface area contributed by atoms with E-state index in [1.54, 1.807) is 12.1 Å². The van der Waals surface area contributed by atoms with Crippen molar-refractivity contribution >= 4 is 7.60 Å². The van der Waals surface area contributed by atoms with Crippen LogP contribution in [0.15, 0.2) is 24.3 Å². The SMILES string of the molecule is CCOP(=O)(OCC)C(c1ccc(O)cc1)(C(C)(C)C)C(C)(C)C. The molecule has 0 aliphatic heterocycles. The molecule has 0 saturated heterocycles. The summed E-state index contributed by atoms with van der Waals surface area (Å²) in [5.74, 6) is 0.179. The van der Waals surface area contributed by atoms with Crippen LogP contribution in [0.2, 0.25) is 0 Å².